The molecule has 0 aliphatic carbocycles. The van der Waals surface area contributed by atoms with E-state index in [1.54, 1.807) is 6.92 Å². The third-order valence-electron chi connectivity index (χ3n) is 6.74. The normalized spacial score (nSPS) is 15.9. The van der Waals surface area contributed by atoms with Crippen LogP contribution in [0.25, 0.3) is 0 Å². The molecule has 3 rings (SSSR count). The van der Waals surface area contributed by atoms with E-state index >= 15 is 0 Å². The zero-order valence-electron chi connectivity index (χ0n) is 19.8. The quantitative estimate of drug-likeness (QED) is 0.509. The molecule has 6 nitrogen and oxygen atoms in total. The van der Waals surface area contributed by atoms with Crippen molar-refractivity contribution in [2.24, 2.45) is 0 Å². The summed E-state index contributed by atoms with van der Waals surface area (Å²) in [6.45, 7) is 11.8. The molecule has 2 aromatic carbocycles. The number of carbonyl (C=O) groups excluding carboxylic acids is 2. The molecule has 0 saturated carbocycles. The lowest BCUT2D eigenvalue weighted by molar-refractivity contribution is -0.128. The molecule has 1 aliphatic rings. The largest absolute Gasteiger partial charge is 0.478 e. The molecule has 6 heteroatoms. The van der Waals surface area contributed by atoms with Gasteiger partial charge in [0.2, 0.25) is 0 Å². The standard InChI is InChI=1S/C26H35N3O3/c1-16-17(2)19(4)25(24(27)18(16)3)32-20(5)26(31)28-22-11-13-29(14-12-22)15-23(30)21-9-7-6-8-10-21/h6-10,20,22H,11-15,27H2,1-5H3,(H,28,31). The van der Waals surface area contributed by atoms with E-state index in [-0.39, 0.29) is 17.7 Å². The van der Waals surface area contributed by atoms with Crippen LogP contribution in [0.15, 0.2) is 30.3 Å². The minimum Gasteiger partial charge on any atom is -0.478 e. The Labute approximate surface area is 191 Å². The number of ketones is 1. The van der Waals surface area contributed by atoms with Gasteiger partial charge in [0.1, 0.15) is 5.75 Å². The van der Waals surface area contributed by atoms with E-state index in [1.807, 2.05) is 58.0 Å². The van der Waals surface area contributed by atoms with Crippen LogP contribution in [0.3, 0.4) is 0 Å². The topological polar surface area (TPSA) is 84.7 Å². The zero-order chi connectivity index (χ0) is 23.4. The van der Waals surface area contributed by atoms with Crippen molar-refractivity contribution in [2.45, 2.75) is 59.6 Å². The average molecular weight is 438 g/mol. The van der Waals surface area contributed by atoms with Gasteiger partial charge in [-0.05, 0) is 69.7 Å². The van der Waals surface area contributed by atoms with Gasteiger partial charge in [-0.25, -0.2) is 0 Å². The highest BCUT2D eigenvalue weighted by atomic mass is 16.5. The lowest BCUT2D eigenvalue weighted by Crippen LogP contribution is -2.48. The van der Waals surface area contributed by atoms with Gasteiger partial charge in [-0.2, -0.15) is 0 Å². The lowest BCUT2D eigenvalue weighted by Gasteiger charge is -2.32. The SMILES string of the molecule is Cc1c(C)c(C)c(OC(C)C(=O)NC2CCN(CC(=O)c3ccccc3)CC2)c(N)c1C. The van der Waals surface area contributed by atoms with E-state index < -0.39 is 6.10 Å². The molecule has 1 heterocycles. The first-order valence-electron chi connectivity index (χ1n) is 11.3. The molecule has 0 aromatic heterocycles. The van der Waals surface area contributed by atoms with Crippen molar-refractivity contribution in [3.63, 3.8) is 0 Å². The maximum absolute atomic E-state index is 12.8. The second-order valence-corrected chi connectivity index (χ2v) is 8.85. The van der Waals surface area contributed by atoms with Crippen molar-refractivity contribution in [3.8, 4) is 5.75 Å². The van der Waals surface area contributed by atoms with Gasteiger partial charge >= 0.3 is 0 Å². The maximum atomic E-state index is 12.8. The second kappa shape index (κ2) is 10.2. The van der Waals surface area contributed by atoms with E-state index in [0.717, 1.165) is 53.7 Å². The smallest absolute Gasteiger partial charge is 0.260 e. The maximum Gasteiger partial charge on any atom is 0.260 e. The molecule has 0 spiro atoms. The van der Waals surface area contributed by atoms with Crippen LogP contribution in [-0.2, 0) is 4.79 Å². The van der Waals surface area contributed by atoms with Gasteiger partial charge in [-0.3, -0.25) is 14.5 Å². The summed E-state index contributed by atoms with van der Waals surface area (Å²) in [6, 6.07) is 9.45. The highest BCUT2D eigenvalue weighted by Crippen LogP contribution is 2.35. The molecule has 1 amide bonds. The van der Waals surface area contributed by atoms with Crippen molar-refractivity contribution in [1.82, 2.24) is 10.2 Å². The van der Waals surface area contributed by atoms with Crippen LogP contribution < -0.4 is 15.8 Å². The van der Waals surface area contributed by atoms with Crippen molar-refractivity contribution >= 4 is 17.4 Å². The Bertz CT molecular complexity index is 951. The van der Waals surface area contributed by atoms with Crippen molar-refractivity contribution in [2.75, 3.05) is 25.4 Å². The Morgan fingerprint density at radius 3 is 2.25 bits per heavy atom. The number of nitrogen functional groups attached to an aromatic ring is 1. The Morgan fingerprint density at radius 2 is 1.62 bits per heavy atom. The fourth-order valence-electron chi connectivity index (χ4n) is 4.16. The first-order chi connectivity index (χ1) is 15.2. The summed E-state index contributed by atoms with van der Waals surface area (Å²) in [4.78, 5) is 27.3. The van der Waals surface area contributed by atoms with Gasteiger partial charge in [0, 0.05) is 24.7 Å². The minimum absolute atomic E-state index is 0.0801. The number of nitrogens with two attached hydrogens (primary N) is 1. The fraction of sp³-hybridized carbons (Fsp3) is 0.462. The number of nitrogens with one attached hydrogen (secondary N) is 1. The number of carbonyl (C=O) groups is 2. The monoisotopic (exact) mass is 437 g/mol. The van der Waals surface area contributed by atoms with E-state index in [4.69, 9.17) is 10.5 Å². The van der Waals surface area contributed by atoms with Crippen molar-refractivity contribution in [3.05, 3.63) is 58.1 Å². The molecule has 2 aromatic rings. The van der Waals surface area contributed by atoms with Crippen LogP contribution in [0.4, 0.5) is 5.69 Å². The van der Waals surface area contributed by atoms with E-state index in [2.05, 4.69) is 10.2 Å². The summed E-state index contributed by atoms with van der Waals surface area (Å²) in [5.74, 6) is 0.590. The Kier molecular flexibility index (Phi) is 7.56. The number of Topliss-reactive ketones (excluding diaryl/α,β-unsaturated/α-hetero) is 1. The zero-order valence-corrected chi connectivity index (χ0v) is 19.8. The molecule has 1 aliphatic heterocycles. The van der Waals surface area contributed by atoms with Crippen LogP contribution in [-0.4, -0.2) is 48.4 Å². The van der Waals surface area contributed by atoms with Gasteiger partial charge in [-0.1, -0.05) is 30.3 Å². The van der Waals surface area contributed by atoms with Gasteiger partial charge < -0.3 is 15.8 Å². The van der Waals surface area contributed by atoms with Crippen LogP contribution in [0, 0.1) is 27.7 Å². The molecule has 0 bridgehead atoms. The molecule has 172 valence electrons. The Morgan fingerprint density at radius 1 is 1.03 bits per heavy atom. The van der Waals surface area contributed by atoms with E-state index in [1.165, 1.54) is 0 Å². The summed E-state index contributed by atoms with van der Waals surface area (Å²) in [5, 5.41) is 3.11. The number of benzene rings is 2. The third-order valence-corrected chi connectivity index (χ3v) is 6.74. The van der Waals surface area contributed by atoms with Crippen molar-refractivity contribution < 1.29 is 14.3 Å². The predicted octanol–water partition coefficient (Wildman–Crippen LogP) is 3.73. The Hall–Kier alpha value is -2.86. The minimum atomic E-state index is -0.643. The van der Waals surface area contributed by atoms with Crippen LogP contribution in [0.5, 0.6) is 5.75 Å². The van der Waals surface area contributed by atoms with Crippen LogP contribution in [0.1, 0.15) is 52.4 Å². The van der Waals surface area contributed by atoms with E-state index in [9.17, 15) is 9.59 Å². The number of likely N-dealkylation sites (tertiary alicyclic amines) is 1. The van der Waals surface area contributed by atoms with E-state index in [0.29, 0.717) is 18.0 Å². The second-order valence-electron chi connectivity index (χ2n) is 8.85. The molecule has 32 heavy (non-hydrogen) atoms. The van der Waals surface area contributed by atoms with Crippen LogP contribution in [0.2, 0.25) is 0 Å². The highest BCUT2D eigenvalue weighted by molar-refractivity contribution is 5.97. The molecule has 1 fully saturated rings. The molecule has 0 radical (unpaired) electrons. The van der Waals surface area contributed by atoms with Crippen molar-refractivity contribution in [1.29, 1.82) is 0 Å². The first kappa shape index (κ1) is 23.8. The van der Waals surface area contributed by atoms with Crippen LogP contribution >= 0.6 is 0 Å². The summed E-state index contributed by atoms with van der Waals surface area (Å²) in [7, 11) is 0. The highest BCUT2D eigenvalue weighted by Gasteiger charge is 2.26. The van der Waals surface area contributed by atoms with Gasteiger partial charge in [-0.15, -0.1) is 0 Å². The number of piperidine rings is 1. The lowest BCUT2D eigenvalue weighted by atomic mass is 9.96. The molecular weight excluding hydrogens is 402 g/mol. The fourth-order valence-corrected chi connectivity index (χ4v) is 4.16. The summed E-state index contributed by atoms with van der Waals surface area (Å²) in [5.41, 5.74) is 11.9. The summed E-state index contributed by atoms with van der Waals surface area (Å²) in [6.07, 6.45) is 0.977. The van der Waals surface area contributed by atoms with Gasteiger partial charge in [0.05, 0.1) is 12.2 Å². The first-order valence-corrected chi connectivity index (χ1v) is 11.3. The number of rotatable bonds is 7. The summed E-state index contributed by atoms with van der Waals surface area (Å²) >= 11 is 0. The third kappa shape index (κ3) is 5.30. The number of hydrogen-bond donors (Lipinski definition) is 2. The molecular formula is C26H35N3O3. The number of ether oxygens (including phenoxy) is 1. The summed E-state index contributed by atoms with van der Waals surface area (Å²) < 4.78 is 6.03. The number of hydrogen-bond acceptors (Lipinski definition) is 5. The van der Waals surface area contributed by atoms with Gasteiger partial charge in [0.25, 0.3) is 5.91 Å². The number of anilines is 1. The number of amides is 1. The molecule has 1 unspecified atom stereocenters. The molecule has 3 N–H and O–H groups in total. The molecule has 1 atom stereocenters. The predicted molar refractivity (Wildman–Crippen MR) is 128 cm³/mol. The molecule has 1 saturated heterocycles. The van der Waals surface area contributed by atoms with Gasteiger partial charge in [0.15, 0.2) is 11.9 Å². The average Bonchev–Trinajstić information content (AvgIpc) is 2.80. The number of nitrogens with zero attached hydrogens (tertiary/aromatic N) is 1. The Balaban J connectivity index is 1.51.